The second-order valence-electron chi connectivity index (χ2n) is 5.33. The van der Waals surface area contributed by atoms with Crippen LogP contribution in [-0.4, -0.2) is 19.3 Å². The van der Waals surface area contributed by atoms with E-state index in [1.165, 1.54) is 0 Å². The fraction of sp³-hybridized carbons (Fsp3) is 0.286. The van der Waals surface area contributed by atoms with Crippen molar-refractivity contribution >= 4 is 51.4 Å². The first-order valence-electron chi connectivity index (χ1n) is 7.34. The minimum absolute atomic E-state index is 0.122. The lowest BCUT2D eigenvalue weighted by atomic mass is 10.3. The molecule has 0 bridgehead atoms. The lowest BCUT2D eigenvalue weighted by Gasteiger charge is -2.18. The Morgan fingerprint density at radius 3 is 2.74 bits per heavy atom. The summed E-state index contributed by atoms with van der Waals surface area (Å²) in [5.41, 5.74) is 1.91. The van der Waals surface area contributed by atoms with E-state index in [2.05, 4.69) is 23.7 Å². The Balaban J connectivity index is 1.76. The largest absolute Gasteiger partial charge is 0.321 e. The standard InChI is InChI=1S/C14H14IN7O/c15-18-12-11(13(23)22-8-4-3-7-21(12)22)19-20-14-16-9-5-1-2-6-10(9)17-14/h1-2,5-6,18H,3-4,7-8H2,(H,16,17). The molecule has 0 amide bonds. The summed E-state index contributed by atoms with van der Waals surface area (Å²) in [6.07, 6.45) is 2.06. The van der Waals surface area contributed by atoms with Gasteiger partial charge in [-0.25, -0.2) is 9.67 Å². The van der Waals surface area contributed by atoms with Gasteiger partial charge in [-0.3, -0.25) is 9.48 Å². The summed E-state index contributed by atoms with van der Waals surface area (Å²) in [6.45, 7) is 1.52. The molecule has 0 saturated heterocycles. The maximum absolute atomic E-state index is 12.5. The van der Waals surface area contributed by atoms with Crippen LogP contribution >= 0.6 is 22.9 Å². The molecule has 1 aliphatic rings. The van der Waals surface area contributed by atoms with E-state index in [0.29, 0.717) is 24.0 Å². The molecule has 1 aromatic carbocycles. The predicted molar refractivity (Wildman–Crippen MR) is 95.8 cm³/mol. The summed E-state index contributed by atoms with van der Waals surface area (Å²) in [7, 11) is 0. The Morgan fingerprint density at radius 2 is 1.96 bits per heavy atom. The fourth-order valence-corrected chi connectivity index (χ4v) is 3.36. The number of benzene rings is 1. The minimum Gasteiger partial charge on any atom is -0.321 e. The molecule has 0 saturated carbocycles. The number of anilines is 1. The van der Waals surface area contributed by atoms with Gasteiger partial charge in [-0.2, -0.15) is 0 Å². The van der Waals surface area contributed by atoms with E-state index in [9.17, 15) is 4.79 Å². The second kappa shape index (κ2) is 5.80. The number of fused-ring (bicyclic) bond motifs is 2. The zero-order valence-corrected chi connectivity index (χ0v) is 14.3. The topological polar surface area (TPSA) is 92.4 Å². The number of halogens is 1. The Hall–Kier alpha value is -2.17. The Labute approximate surface area is 145 Å². The lowest BCUT2D eigenvalue weighted by molar-refractivity contribution is 0.360. The van der Waals surface area contributed by atoms with Crippen LogP contribution in [0.3, 0.4) is 0 Å². The molecular weight excluding hydrogens is 409 g/mol. The van der Waals surface area contributed by atoms with Crippen molar-refractivity contribution in [2.24, 2.45) is 10.2 Å². The van der Waals surface area contributed by atoms with Crippen molar-refractivity contribution in [1.82, 2.24) is 19.3 Å². The van der Waals surface area contributed by atoms with Crippen LogP contribution in [-0.2, 0) is 13.1 Å². The van der Waals surface area contributed by atoms with Crippen molar-refractivity contribution < 1.29 is 0 Å². The highest BCUT2D eigenvalue weighted by Gasteiger charge is 2.21. The van der Waals surface area contributed by atoms with Gasteiger partial charge in [0.15, 0.2) is 11.5 Å². The van der Waals surface area contributed by atoms with Crippen molar-refractivity contribution in [3.8, 4) is 0 Å². The quantitative estimate of drug-likeness (QED) is 0.384. The molecule has 0 spiro atoms. The number of nitrogens with one attached hydrogen (secondary N) is 2. The van der Waals surface area contributed by atoms with Crippen LogP contribution in [0, 0.1) is 0 Å². The highest BCUT2D eigenvalue weighted by Crippen LogP contribution is 2.27. The van der Waals surface area contributed by atoms with Gasteiger partial charge in [-0.15, -0.1) is 10.2 Å². The van der Waals surface area contributed by atoms with E-state index < -0.39 is 0 Å². The first kappa shape index (κ1) is 14.4. The van der Waals surface area contributed by atoms with Crippen LogP contribution in [0.25, 0.3) is 11.0 Å². The van der Waals surface area contributed by atoms with Crippen molar-refractivity contribution in [2.45, 2.75) is 25.9 Å². The van der Waals surface area contributed by atoms with Crippen LogP contribution in [0.1, 0.15) is 12.8 Å². The molecule has 118 valence electrons. The summed E-state index contributed by atoms with van der Waals surface area (Å²) in [5, 5.41) is 8.27. The normalized spacial score (nSPS) is 14.5. The molecule has 2 N–H and O–H groups in total. The second-order valence-corrected chi connectivity index (χ2v) is 5.87. The Morgan fingerprint density at radius 1 is 1.17 bits per heavy atom. The molecule has 3 heterocycles. The minimum atomic E-state index is -0.122. The fourth-order valence-electron chi connectivity index (χ4n) is 2.82. The van der Waals surface area contributed by atoms with Crippen LogP contribution in [0.4, 0.5) is 17.5 Å². The summed E-state index contributed by atoms with van der Waals surface area (Å²) >= 11 is 2.02. The van der Waals surface area contributed by atoms with Crippen LogP contribution < -0.4 is 9.09 Å². The molecule has 8 nitrogen and oxygen atoms in total. The first-order valence-corrected chi connectivity index (χ1v) is 8.42. The average molecular weight is 423 g/mol. The number of aromatic nitrogens is 4. The summed E-state index contributed by atoms with van der Waals surface area (Å²) in [4.78, 5) is 19.9. The van der Waals surface area contributed by atoms with Gasteiger partial charge in [-0.05, 0) is 25.0 Å². The van der Waals surface area contributed by atoms with Crippen molar-refractivity contribution in [3.63, 3.8) is 0 Å². The van der Waals surface area contributed by atoms with Gasteiger partial charge in [-0.1, -0.05) is 12.1 Å². The first-order chi connectivity index (χ1) is 11.3. The average Bonchev–Trinajstić information content (AvgIpc) is 3.12. The Kier molecular flexibility index (Phi) is 3.63. The van der Waals surface area contributed by atoms with Crippen LogP contribution in [0.15, 0.2) is 39.3 Å². The molecule has 0 fully saturated rings. The maximum Gasteiger partial charge on any atom is 0.296 e. The van der Waals surface area contributed by atoms with Gasteiger partial charge in [0.1, 0.15) is 0 Å². The predicted octanol–water partition coefficient (Wildman–Crippen LogP) is 3.50. The molecule has 0 radical (unpaired) electrons. The summed E-state index contributed by atoms with van der Waals surface area (Å²) in [5.74, 6) is 1.08. The number of hydrogen-bond donors (Lipinski definition) is 2. The Bertz CT molecular complexity index is 919. The molecule has 0 unspecified atom stereocenters. The number of para-hydroxylation sites is 2. The van der Waals surface area contributed by atoms with E-state index in [1.807, 2.05) is 51.8 Å². The number of hydrogen-bond acceptors (Lipinski definition) is 5. The highest BCUT2D eigenvalue weighted by molar-refractivity contribution is 14.1. The molecular formula is C14H14IN7O. The van der Waals surface area contributed by atoms with E-state index >= 15 is 0 Å². The number of azo groups is 1. The van der Waals surface area contributed by atoms with Crippen molar-refractivity contribution in [3.05, 3.63) is 34.6 Å². The number of aromatic amines is 1. The molecule has 2 aromatic heterocycles. The highest BCUT2D eigenvalue weighted by atomic mass is 127. The summed E-state index contributed by atoms with van der Waals surface area (Å²) < 4.78 is 6.69. The molecule has 3 aromatic rings. The molecule has 0 atom stereocenters. The SMILES string of the molecule is O=c1c(N=Nc2nc3ccccc3[nH]2)c(NI)n2n1CCCC2. The molecule has 0 aliphatic carbocycles. The van der Waals surface area contributed by atoms with Gasteiger partial charge in [0.2, 0.25) is 5.95 Å². The number of nitrogens with zero attached hydrogens (tertiary/aromatic N) is 5. The zero-order chi connectivity index (χ0) is 15.8. The van der Waals surface area contributed by atoms with Gasteiger partial charge in [0, 0.05) is 13.1 Å². The third-order valence-electron chi connectivity index (χ3n) is 3.91. The van der Waals surface area contributed by atoms with E-state index in [4.69, 9.17) is 0 Å². The molecule has 1 aliphatic heterocycles. The monoisotopic (exact) mass is 423 g/mol. The number of H-pyrrole nitrogens is 1. The van der Waals surface area contributed by atoms with Crippen molar-refractivity contribution in [1.29, 1.82) is 0 Å². The van der Waals surface area contributed by atoms with Crippen LogP contribution in [0.2, 0.25) is 0 Å². The molecule has 4 rings (SSSR count). The zero-order valence-electron chi connectivity index (χ0n) is 12.2. The molecule has 23 heavy (non-hydrogen) atoms. The third-order valence-corrected chi connectivity index (χ3v) is 4.42. The maximum atomic E-state index is 12.5. The van der Waals surface area contributed by atoms with E-state index in [0.717, 1.165) is 30.4 Å². The number of rotatable bonds is 3. The van der Waals surface area contributed by atoms with Crippen molar-refractivity contribution in [2.75, 3.05) is 3.53 Å². The smallest absolute Gasteiger partial charge is 0.296 e. The van der Waals surface area contributed by atoms with E-state index in [1.54, 1.807) is 4.68 Å². The van der Waals surface area contributed by atoms with Gasteiger partial charge >= 0.3 is 0 Å². The third kappa shape index (κ3) is 2.44. The lowest BCUT2D eigenvalue weighted by Crippen LogP contribution is -2.27. The molecule has 9 heteroatoms. The van der Waals surface area contributed by atoms with Gasteiger partial charge in [0.05, 0.1) is 33.9 Å². The summed E-state index contributed by atoms with van der Waals surface area (Å²) in [6, 6.07) is 7.66. The van der Waals surface area contributed by atoms with Gasteiger partial charge in [0.25, 0.3) is 5.56 Å². The van der Waals surface area contributed by atoms with Crippen LogP contribution in [0.5, 0.6) is 0 Å². The van der Waals surface area contributed by atoms with Gasteiger partial charge < -0.3 is 8.51 Å². The van der Waals surface area contributed by atoms with E-state index in [-0.39, 0.29) is 5.56 Å². The number of imidazole rings is 1.